The lowest BCUT2D eigenvalue weighted by Gasteiger charge is -1.99. The van der Waals surface area contributed by atoms with E-state index in [2.05, 4.69) is 10.1 Å². The predicted octanol–water partition coefficient (Wildman–Crippen LogP) is 2.32. The van der Waals surface area contributed by atoms with Crippen LogP contribution >= 0.6 is 0 Å². The number of aryl methyl sites for hydroxylation is 2. The molecule has 0 saturated heterocycles. The van der Waals surface area contributed by atoms with Crippen molar-refractivity contribution >= 4 is 0 Å². The van der Waals surface area contributed by atoms with Crippen LogP contribution in [0.4, 0.5) is 0 Å². The molecule has 1 atom stereocenters. The Bertz CT molecular complexity index is 491. The van der Waals surface area contributed by atoms with Gasteiger partial charge >= 0.3 is 0 Å². The van der Waals surface area contributed by atoms with Gasteiger partial charge in [0.2, 0.25) is 11.7 Å². The molecule has 0 aliphatic rings. The SMILES string of the molecule is Cc1ccccc1-c1noc(CCC(C)N)n1. The van der Waals surface area contributed by atoms with Crippen LogP contribution in [-0.4, -0.2) is 16.2 Å². The van der Waals surface area contributed by atoms with Gasteiger partial charge < -0.3 is 10.3 Å². The third kappa shape index (κ3) is 2.91. The second-order valence-corrected chi connectivity index (χ2v) is 4.34. The molecule has 0 saturated carbocycles. The summed E-state index contributed by atoms with van der Waals surface area (Å²) in [5.41, 5.74) is 7.85. The van der Waals surface area contributed by atoms with Crippen LogP contribution < -0.4 is 5.73 Å². The summed E-state index contributed by atoms with van der Waals surface area (Å²) in [4.78, 5) is 4.38. The Kier molecular flexibility index (Phi) is 3.54. The second kappa shape index (κ2) is 5.10. The Morgan fingerprint density at radius 2 is 2.12 bits per heavy atom. The zero-order valence-corrected chi connectivity index (χ0v) is 10.2. The number of benzene rings is 1. The fraction of sp³-hybridized carbons (Fsp3) is 0.385. The number of nitrogens with two attached hydrogens (primary N) is 1. The first-order valence-corrected chi connectivity index (χ1v) is 5.81. The number of rotatable bonds is 4. The fourth-order valence-electron chi connectivity index (χ4n) is 1.64. The second-order valence-electron chi connectivity index (χ2n) is 4.34. The summed E-state index contributed by atoms with van der Waals surface area (Å²) < 4.78 is 5.21. The molecule has 2 N–H and O–H groups in total. The zero-order chi connectivity index (χ0) is 12.3. The first-order valence-electron chi connectivity index (χ1n) is 5.81. The van der Waals surface area contributed by atoms with E-state index in [1.807, 2.05) is 38.1 Å². The van der Waals surface area contributed by atoms with Gasteiger partial charge in [-0.1, -0.05) is 29.4 Å². The third-order valence-corrected chi connectivity index (χ3v) is 2.67. The monoisotopic (exact) mass is 231 g/mol. The minimum absolute atomic E-state index is 0.156. The number of aromatic nitrogens is 2. The molecule has 0 radical (unpaired) electrons. The lowest BCUT2D eigenvalue weighted by atomic mass is 10.1. The molecule has 17 heavy (non-hydrogen) atoms. The molecule has 0 spiro atoms. The summed E-state index contributed by atoms with van der Waals surface area (Å²) >= 11 is 0. The minimum atomic E-state index is 0.156. The van der Waals surface area contributed by atoms with Crippen molar-refractivity contribution in [2.24, 2.45) is 5.73 Å². The van der Waals surface area contributed by atoms with E-state index in [4.69, 9.17) is 10.3 Å². The smallest absolute Gasteiger partial charge is 0.227 e. The van der Waals surface area contributed by atoms with E-state index in [-0.39, 0.29) is 6.04 Å². The first kappa shape index (κ1) is 11.8. The van der Waals surface area contributed by atoms with Gasteiger partial charge in [-0.15, -0.1) is 0 Å². The molecule has 0 bridgehead atoms. The van der Waals surface area contributed by atoms with E-state index >= 15 is 0 Å². The molecule has 1 heterocycles. The molecular weight excluding hydrogens is 214 g/mol. The Labute approximate surface area is 101 Å². The van der Waals surface area contributed by atoms with Crippen LogP contribution in [0.25, 0.3) is 11.4 Å². The van der Waals surface area contributed by atoms with Crippen LogP contribution in [0.15, 0.2) is 28.8 Å². The highest BCUT2D eigenvalue weighted by atomic mass is 16.5. The van der Waals surface area contributed by atoms with Crippen molar-refractivity contribution in [3.63, 3.8) is 0 Å². The van der Waals surface area contributed by atoms with Crippen LogP contribution in [0.5, 0.6) is 0 Å². The highest BCUT2D eigenvalue weighted by Gasteiger charge is 2.10. The lowest BCUT2D eigenvalue weighted by Crippen LogP contribution is -2.15. The zero-order valence-electron chi connectivity index (χ0n) is 10.2. The predicted molar refractivity (Wildman–Crippen MR) is 66.4 cm³/mol. The van der Waals surface area contributed by atoms with Crippen molar-refractivity contribution in [1.82, 2.24) is 10.1 Å². The van der Waals surface area contributed by atoms with Crippen LogP contribution in [0.2, 0.25) is 0 Å². The highest BCUT2D eigenvalue weighted by Crippen LogP contribution is 2.20. The average Bonchev–Trinajstić information content (AvgIpc) is 2.75. The summed E-state index contributed by atoms with van der Waals surface area (Å²) in [6, 6.07) is 8.16. The summed E-state index contributed by atoms with van der Waals surface area (Å²) in [6.07, 6.45) is 1.59. The summed E-state index contributed by atoms with van der Waals surface area (Å²) in [5.74, 6) is 1.31. The van der Waals surface area contributed by atoms with E-state index in [1.54, 1.807) is 0 Å². The van der Waals surface area contributed by atoms with Crippen molar-refractivity contribution in [2.75, 3.05) is 0 Å². The van der Waals surface area contributed by atoms with Gasteiger partial charge in [0.25, 0.3) is 0 Å². The van der Waals surface area contributed by atoms with E-state index < -0.39 is 0 Å². The summed E-state index contributed by atoms with van der Waals surface area (Å²) in [7, 11) is 0. The van der Waals surface area contributed by atoms with Crippen molar-refractivity contribution < 1.29 is 4.52 Å². The van der Waals surface area contributed by atoms with E-state index in [1.165, 1.54) is 0 Å². The standard InChI is InChI=1S/C13H17N3O/c1-9-5-3-4-6-11(9)13-15-12(17-16-13)8-7-10(2)14/h3-6,10H,7-8,14H2,1-2H3. The molecule has 2 aromatic rings. The summed E-state index contributed by atoms with van der Waals surface area (Å²) in [6.45, 7) is 4.01. The maximum atomic E-state index is 5.69. The Balaban J connectivity index is 2.16. The van der Waals surface area contributed by atoms with Gasteiger partial charge in [-0.05, 0) is 25.8 Å². The molecule has 1 unspecified atom stereocenters. The quantitative estimate of drug-likeness (QED) is 0.877. The van der Waals surface area contributed by atoms with Gasteiger partial charge in [0.15, 0.2) is 0 Å². The van der Waals surface area contributed by atoms with Crippen molar-refractivity contribution in [3.8, 4) is 11.4 Å². The molecule has 0 aliphatic heterocycles. The Morgan fingerprint density at radius 1 is 1.35 bits per heavy atom. The number of nitrogens with zero attached hydrogens (tertiary/aromatic N) is 2. The molecule has 1 aromatic carbocycles. The average molecular weight is 231 g/mol. The molecular formula is C13H17N3O. The van der Waals surface area contributed by atoms with Gasteiger partial charge in [0.05, 0.1) is 0 Å². The first-order chi connectivity index (χ1) is 8.16. The highest BCUT2D eigenvalue weighted by molar-refractivity contribution is 5.58. The molecule has 90 valence electrons. The molecule has 0 aliphatic carbocycles. The molecule has 4 nitrogen and oxygen atoms in total. The van der Waals surface area contributed by atoms with E-state index in [9.17, 15) is 0 Å². The van der Waals surface area contributed by atoms with Gasteiger partial charge in [0.1, 0.15) is 0 Å². The van der Waals surface area contributed by atoms with Crippen LogP contribution in [0.1, 0.15) is 24.8 Å². The normalized spacial score (nSPS) is 12.6. The van der Waals surface area contributed by atoms with Gasteiger partial charge in [-0.2, -0.15) is 4.98 Å². The molecule has 0 fully saturated rings. The van der Waals surface area contributed by atoms with Crippen LogP contribution in [-0.2, 0) is 6.42 Å². The minimum Gasteiger partial charge on any atom is -0.339 e. The van der Waals surface area contributed by atoms with Crippen LogP contribution in [0.3, 0.4) is 0 Å². The Hall–Kier alpha value is -1.68. The Morgan fingerprint density at radius 3 is 2.82 bits per heavy atom. The fourth-order valence-corrected chi connectivity index (χ4v) is 1.64. The number of hydrogen-bond donors (Lipinski definition) is 1. The largest absolute Gasteiger partial charge is 0.339 e. The van der Waals surface area contributed by atoms with Crippen LogP contribution in [0, 0.1) is 6.92 Å². The molecule has 1 aromatic heterocycles. The van der Waals surface area contributed by atoms with E-state index in [0.717, 1.165) is 24.0 Å². The van der Waals surface area contributed by atoms with Gasteiger partial charge in [-0.3, -0.25) is 0 Å². The number of hydrogen-bond acceptors (Lipinski definition) is 4. The maximum Gasteiger partial charge on any atom is 0.227 e. The van der Waals surface area contributed by atoms with Gasteiger partial charge in [-0.25, -0.2) is 0 Å². The molecule has 4 heteroatoms. The topological polar surface area (TPSA) is 64.9 Å². The van der Waals surface area contributed by atoms with Crippen molar-refractivity contribution in [3.05, 3.63) is 35.7 Å². The maximum absolute atomic E-state index is 5.69. The van der Waals surface area contributed by atoms with Crippen molar-refractivity contribution in [1.29, 1.82) is 0 Å². The summed E-state index contributed by atoms with van der Waals surface area (Å²) in [5, 5.41) is 4.00. The molecule has 0 amide bonds. The van der Waals surface area contributed by atoms with E-state index in [0.29, 0.717) is 11.7 Å². The lowest BCUT2D eigenvalue weighted by molar-refractivity contribution is 0.372. The molecule has 2 rings (SSSR count). The third-order valence-electron chi connectivity index (χ3n) is 2.67. The van der Waals surface area contributed by atoms with Gasteiger partial charge in [0, 0.05) is 18.0 Å². The van der Waals surface area contributed by atoms with Crippen molar-refractivity contribution in [2.45, 2.75) is 32.7 Å².